The highest BCUT2D eigenvalue weighted by Crippen LogP contribution is 2.31. The van der Waals surface area contributed by atoms with Crippen molar-refractivity contribution in [3.8, 4) is 11.5 Å². The molecule has 1 rings (SSSR count). The summed E-state index contributed by atoms with van der Waals surface area (Å²) in [6, 6.07) is 0.844. The molecule has 1 heterocycles. The molecule has 0 aromatic carbocycles. The summed E-state index contributed by atoms with van der Waals surface area (Å²) in [5, 5.41) is 17.8. The van der Waals surface area contributed by atoms with Crippen LogP contribution in [0.1, 0.15) is 12.1 Å². The predicted molar refractivity (Wildman–Crippen MR) is 45.2 cm³/mol. The molecule has 0 bridgehead atoms. The first kappa shape index (κ1) is 9.43. The molecular weight excluding hydrogens is 283 g/mol. The zero-order valence-corrected chi connectivity index (χ0v) is 7.79. The van der Waals surface area contributed by atoms with E-state index in [1.54, 1.807) is 22.6 Å². The standard InChI is InChI=1S/C6H4F2INO2/c7-5(8)4-2(11)1-3(12)6(9)10-4/h1,5,11-12H. The zero-order valence-electron chi connectivity index (χ0n) is 5.63. The first-order valence-electron chi connectivity index (χ1n) is 2.89. The largest absolute Gasteiger partial charge is 0.506 e. The number of hydrogen-bond acceptors (Lipinski definition) is 3. The Morgan fingerprint density at radius 3 is 2.42 bits per heavy atom. The number of hydrogen-bond donors (Lipinski definition) is 2. The van der Waals surface area contributed by atoms with E-state index in [-0.39, 0.29) is 9.45 Å². The van der Waals surface area contributed by atoms with Crippen molar-refractivity contribution in [1.82, 2.24) is 4.98 Å². The van der Waals surface area contributed by atoms with Gasteiger partial charge in [0.05, 0.1) is 0 Å². The second-order valence-corrected chi connectivity index (χ2v) is 3.03. The third-order valence-electron chi connectivity index (χ3n) is 1.17. The summed E-state index contributed by atoms with van der Waals surface area (Å²) in [6.07, 6.45) is -2.83. The highest BCUT2D eigenvalue weighted by molar-refractivity contribution is 14.1. The highest BCUT2D eigenvalue weighted by atomic mass is 127. The van der Waals surface area contributed by atoms with Gasteiger partial charge in [-0.25, -0.2) is 13.8 Å². The van der Waals surface area contributed by atoms with Gasteiger partial charge >= 0.3 is 0 Å². The number of alkyl halides is 2. The Morgan fingerprint density at radius 1 is 1.33 bits per heavy atom. The first-order valence-corrected chi connectivity index (χ1v) is 3.96. The molecule has 0 fully saturated rings. The fourth-order valence-electron chi connectivity index (χ4n) is 0.644. The molecule has 66 valence electrons. The van der Waals surface area contributed by atoms with E-state index in [0.717, 1.165) is 6.07 Å². The number of halogens is 3. The molecule has 3 nitrogen and oxygen atoms in total. The molecule has 2 N–H and O–H groups in total. The number of pyridine rings is 1. The van der Waals surface area contributed by atoms with E-state index in [4.69, 9.17) is 10.2 Å². The van der Waals surface area contributed by atoms with Gasteiger partial charge in [0.2, 0.25) is 0 Å². The minimum atomic E-state index is -2.83. The summed E-state index contributed by atoms with van der Waals surface area (Å²) in [4.78, 5) is 3.31. The van der Waals surface area contributed by atoms with E-state index in [0.29, 0.717) is 0 Å². The summed E-state index contributed by atoms with van der Waals surface area (Å²) in [5.74, 6) is -1.000. The Bertz CT molecular complexity index is 306. The molecule has 1 aromatic rings. The lowest BCUT2D eigenvalue weighted by Gasteiger charge is -2.03. The van der Waals surface area contributed by atoms with Gasteiger partial charge in [0.15, 0.2) is 5.75 Å². The topological polar surface area (TPSA) is 53.4 Å². The van der Waals surface area contributed by atoms with Crippen molar-refractivity contribution in [2.45, 2.75) is 6.43 Å². The van der Waals surface area contributed by atoms with E-state index in [9.17, 15) is 8.78 Å². The Kier molecular flexibility index (Phi) is 2.65. The van der Waals surface area contributed by atoms with Crippen LogP contribution in [0.4, 0.5) is 8.78 Å². The van der Waals surface area contributed by atoms with Crippen molar-refractivity contribution in [2.24, 2.45) is 0 Å². The molecule has 12 heavy (non-hydrogen) atoms. The van der Waals surface area contributed by atoms with Gasteiger partial charge in [-0.15, -0.1) is 0 Å². The third-order valence-corrected chi connectivity index (χ3v) is 1.97. The van der Waals surface area contributed by atoms with Crippen molar-refractivity contribution in [3.63, 3.8) is 0 Å². The summed E-state index contributed by atoms with van der Waals surface area (Å²) >= 11 is 1.59. The van der Waals surface area contributed by atoms with Gasteiger partial charge in [-0.3, -0.25) is 0 Å². The van der Waals surface area contributed by atoms with Gasteiger partial charge in [-0.1, -0.05) is 0 Å². The van der Waals surface area contributed by atoms with Crippen LogP contribution < -0.4 is 0 Å². The molecule has 0 aliphatic heterocycles. The molecule has 0 amide bonds. The zero-order chi connectivity index (χ0) is 9.30. The summed E-state index contributed by atoms with van der Waals surface area (Å²) < 4.78 is 24.1. The maximum atomic E-state index is 12.0. The van der Waals surface area contributed by atoms with Crippen molar-refractivity contribution in [1.29, 1.82) is 0 Å². The molecule has 6 heteroatoms. The van der Waals surface area contributed by atoms with Crippen LogP contribution in [0.3, 0.4) is 0 Å². The third kappa shape index (κ3) is 1.74. The van der Waals surface area contributed by atoms with E-state index in [1.165, 1.54) is 0 Å². The Labute approximate surface area is 80.2 Å². The molecule has 1 aromatic heterocycles. The molecule has 0 spiro atoms. The smallest absolute Gasteiger partial charge is 0.284 e. The Morgan fingerprint density at radius 2 is 1.92 bits per heavy atom. The normalized spacial score (nSPS) is 10.7. The van der Waals surface area contributed by atoms with Crippen molar-refractivity contribution in [3.05, 3.63) is 15.5 Å². The number of aromatic nitrogens is 1. The van der Waals surface area contributed by atoms with Crippen LogP contribution >= 0.6 is 22.6 Å². The van der Waals surface area contributed by atoms with E-state index >= 15 is 0 Å². The van der Waals surface area contributed by atoms with Crippen LogP contribution in [-0.2, 0) is 0 Å². The van der Waals surface area contributed by atoms with Gasteiger partial charge in [-0.05, 0) is 22.6 Å². The second kappa shape index (κ2) is 3.38. The monoisotopic (exact) mass is 287 g/mol. The highest BCUT2D eigenvalue weighted by Gasteiger charge is 2.16. The number of nitrogens with zero attached hydrogens (tertiary/aromatic N) is 1. The van der Waals surface area contributed by atoms with Crippen LogP contribution in [0.15, 0.2) is 6.07 Å². The predicted octanol–water partition coefficient (Wildman–Crippen LogP) is 2.03. The Hall–Kier alpha value is -0.660. The lowest BCUT2D eigenvalue weighted by atomic mass is 10.3. The SMILES string of the molecule is Oc1cc(O)c(C(F)F)nc1I. The van der Waals surface area contributed by atoms with Gasteiger partial charge in [0.25, 0.3) is 6.43 Å². The van der Waals surface area contributed by atoms with Crippen LogP contribution in [-0.4, -0.2) is 15.2 Å². The molecule has 0 saturated carbocycles. The molecule has 0 aliphatic rings. The van der Waals surface area contributed by atoms with Crippen LogP contribution in [0, 0.1) is 3.70 Å². The minimum Gasteiger partial charge on any atom is -0.506 e. The molecule has 0 saturated heterocycles. The number of aromatic hydroxyl groups is 2. The van der Waals surface area contributed by atoms with Gasteiger partial charge < -0.3 is 10.2 Å². The van der Waals surface area contributed by atoms with Gasteiger partial charge in [0.1, 0.15) is 15.1 Å². The van der Waals surface area contributed by atoms with E-state index in [2.05, 4.69) is 4.98 Å². The van der Waals surface area contributed by atoms with Crippen LogP contribution in [0.25, 0.3) is 0 Å². The van der Waals surface area contributed by atoms with Crippen LogP contribution in [0.5, 0.6) is 11.5 Å². The molecule has 0 radical (unpaired) electrons. The fourth-order valence-corrected chi connectivity index (χ4v) is 1.06. The minimum absolute atomic E-state index is 0.0423. The average Bonchev–Trinajstić information content (AvgIpc) is 1.96. The van der Waals surface area contributed by atoms with Crippen molar-refractivity contribution < 1.29 is 19.0 Å². The summed E-state index contributed by atoms with van der Waals surface area (Å²) in [6.45, 7) is 0. The van der Waals surface area contributed by atoms with Crippen molar-refractivity contribution in [2.75, 3.05) is 0 Å². The second-order valence-electron chi connectivity index (χ2n) is 2.00. The van der Waals surface area contributed by atoms with Gasteiger partial charge in [-0.2, -0.15) is 0 Å². The summed E-state index contributed by atoms with van der Waals surface area (Å²) in [7, 11) is 0. The maximum absolute atomic E-state index is 12.0. The lowest BCUT2D eigenvalue weighted by Crippen LogP contribution is -1.93. The van der Waals surface area contributed by atoms with E-state index in [1.807, 2.05) is 0 Å². The average molecular weight is 287 g/mol. The van der Waals surface area contributed by atoms with Gasteiger partial charge in [0, 0.05) is 6.07 Å². The maximum Gasteiger partial charge on any atom is 0.284 e. The van der Waals surface area contributed by atoms with Crippen molar-refractivity contribution >= 4 is 22.6 Å². The lowest BCUT2D eigenvalue weighted by molar-refractivity contribution is 0.141. The molecule has 0 aliphatic carbocycles. The van der Waals surface area contributed by atoms with E-state index < -0.39 is 17.9 Å². The molecule has 0 unspecified atom stereocenters. The van der Waals surface area contributed by atoms with Crippen LogP contribution in [0.2, 0.25) is 0 Å². The molecular formula is C6H4F2INO2. The Balaban J connectivity index is 3.23. The fraction of sp³-hybridized carbons (Fsp3) is 0.167. The number of rotatable bonds is 1. The molecule has 0 atom stereocenters. The first-order chi connectivity index (χ1) is 5.52. The summed E-state index contributed by atoms with van der Waals surface area (Å²) in [5.41, 5.74) is -0.711. The quantitative estimate of drug-likeness (QED) is 0.614.